The van der Waals surface area contributed by atoms with Crippen LogP contribution >= 0.6 is 0 Å². The molecular weight excluding hydrogens is 308 g/mol. The van der Waals surface area contributed by atoms with Gasteiger partial charge in [-0.1, -0.05) is 6.92 Å². The van der Waals surface area contributed by atoms with Crippen molar-refractivity contribution in [1.82, 2.24) is 5.32 Å². The highest BCUT2D eigenvalue weighted by Crippen LogP contribution is 2.38. The van der Waals surface area contributed by atoms with Gasteiger partial charge in [0, 0.05) is 12.6 Å². The summed E-state index contributed by atoms with van der Waals surface area (Å²) in [5, 5.41) is 13.7. The number of benzene rings is 1. The zero-order valence-electron chi connectivity index (χ0n) is 12.7. The molecule has 1 aromatic carbocycles. The largest absolute Gasteiger partial charge is 0.454 e. The number of carbonyl (C=O) groups is 2. The highest BCUT2D eigenvalue weighted by molar-refractivity contribution is 5.96. The Morgan fingerprint density at radius 1 is 1.39 bits per heavy atom. The molecule has 1 aromatic rings. The lowest BCUT2D eigenvalue weighted by atomic mass is 10.1. The molecule has 0 spiro atoms. The van der Waals surface area contributed by atoms with E-state index in [-0.39, 0.29) is 23.9 Å². The number of hydrogen-bond acceptors (Lipinski definition) is 7. The van der Waals surface area contributed by atoms with Gasteiger partial charge in [-0.05, 0) is 13.3 Å². The van der Waals surface area contributed by atoms with E-state index in [0.717, 1.165) is 12.5 Å². The van der Waals surface area contributed by atoms with Crippen molar-refractivity contribution in [2.24, 2.45) is 0 Å². The summed E-state index contributed by atoms with van der Waals surface area (Å²) in [6.07, 6.45) is -0.334. The van der Waals surface area contributed by atoms with Crippen LogP contribution in [0.1, 0.15) is 30.6 Å². The van der Waals surface area contributed by atoms with Gasteiger partial charge in [-0.3, -0.25) is 14.9 Å². The highest BCUT2D eigenvalue weighted by atomic mass is 16.7. The quantitative estimate of drug-likeness (QED) is 0.477. The number of fused-ring (bicyclic) bond motifs is 1. The van der Waals surface area contributed by atoms with Crippen LogP contribution < -0.4 is 14.8 Å². The third kappa shape index (κ3) is 3.68. The molecule has 23 heavy (non-hydrogen) atoms. The average Bonchev–Trinajstić information content (AvgIpc) is 2.98. The molecule has 1 N–H and O–H groups in total. The van der Waals surface area contributed by atoms with Crippen LogP contribution in [0.3, 0.4) is 0 Å². The number of hydrogen-bond donors (Lipinski definition) is 1. The molecule has 1 aliphatic rings. The Bertz CT molecular complexity index is 644. The van der Waals surface area contributed by atoms with Crippen LogP contribution in [0.5, 0.6) is 11.5 Å². The second kappa shape index (κ2) is 6.95. The molecule has 124 valence electrons. The Labute approximate surface area is 131 Å². The van der Waals surface area contributed by atoms with Crippen molar-refractivity contribution < 1.29 is 28.7 Å². The van der Waals surface area contributed by atoms with Gasteiger partial charge < -0.3 is 19.5 Å². The lowest BCUT2D eigenvalue weighted by molar-refractivity contribution is -0.385. The van der Waals surface area contributed by atoms with E-state index in [4.69, 9.17) is 14.2 Å². The molecule has 1 heterocycles. The van der Waals surface area contributed by atoms with Crippen molar-refractivity contribution in [3.63, 3.8) is 0 Å². The van der Waals surface area contributed by atoms with Crippen LogP contribution in [-0.4, -0.2) is 36.2 Å². The molecule has 1 unspecified atom stereocenters. The minimum absolute atomic E-state index is 0.0825. The Morgan fingerprint density at radius 3 is 2.65 bits per heavy atom. The number of ether oxygens (including phenoxy) is 3. The number of amides is 1. The van der Waals surface area contributed by atoms with E-state index in [1.54, 1.807) is 0 Å². The first-order valence-corrected chi connectivity index (χ1v) is 7.00. The van der Waals surface area contributed by atoms with E-state index in [0.29, 0.717) is 6.54 Å². The topological polar surface area (TPSA) is 117 Å². The molecule has 2 rings (SSSR count). The molecule has 1 atom stereocenters. The van der Waals surface area contributed by atoms with Crippen LogP contribution in [0.2, 0.25) is 0 Å². The number of nitro benzene ring substituents is 1. The van der Waals surface area contributed by atoms with Gasteiger partial charge >= 0.3 is 5.97 Å². The maximum atomic E-state index is 12.2. The fourth-order valence-electron chi connectivity index (χ4n) is 1.92. The summed E-state index contributed by atoms with van der Waals surface area (Å²) in [6, 6.07) is 2.28. The predicted octanol–water partition coefficient (Wildman–Crippen LogP) is 1.39. The van der Waals surface area contributed by atoms with Crippen molar-refractivity contribution >= 4 is 17.6 Å². The first-order chi connectivity index (χ1) is 10.9. The first kappa shape index (κ1) is 16.5. The highest BCUT2D eigenvalue weighted by Gasteiger charge is 2.30. The van der Waals surface area contributed by atoms with E-state index >= 15 is 0 Å². The molecule has 0 saturated heterocycles. The van der Waals surface area contributed by atoms with E-state index in [1.807, 2.05) is 6.92 Å². The van der Waals surface area contributed by atoms with Gasteiger partial charge in [0.1, 0.15) is 5.56 Å². The van der Waals surface area contributed by atoms with Crippen LogP contribution in [0, 0.1) is 10.1 Å². The zero-order chi connectivity index (χ0) is 17.0. The summed E-state index contributed by atoms with van der Waals surface area (Å²) in [7, 11) is 0. The van der Waals surface area contributed by atoms with Gasteiger partial charge in [0.2, 0.25) is 6.79 Å². The third-order valence-corrected chi connectivity index (χ3v) is 3.11. The van der Waals surface area contributed by atoms with Crippen LogP contribution in [0.25, 0.3) is 0 Å². The summed E-state index contributed by atoms with van der Waals surface area (Å²) in [5.41, 5.74) is -0.769. The predicted molar refractivity (Wildman–Crippen MR) is 77.4 cm³/mol. The maximum absolute atomic E-state index is 12.2. The third-order valence-electron chi connectivity index (χ3n) is 3.11. The van der Waals surface area contributed by atoms with Crippen molar-refractivity contribution in [2.75, 3.05) is 13.3 Å². The number of nitrogens with zero attached hydrogens (tertiary/aromatic N) is 1. The van der Waals surface area contributed by atoms with Crippen LogP contribution in [0.15, 0.2) is 12.1 Å². The van der Waals surface area contributed by atoms with Gasteiger partial charge in [0.25, 0.3) is 11.6 Å². The molecule has 1 amide bonds. The van der Waals surface area contributed by atoms with Gasteiger partial charge in [-0.15, -0.1) is 0 Å². The van der Waals surface area contributed by atoms with E-state index in [2.05, 4.69) is 5.32 Å². The Morgan fingerprint density at radius 2 is 2.04 bits per heavy atom. The maximum Gasteiger partial charge on any atom is 0.346 e. The molecule has 0 bridgehead atoms. The van der Waals surface area contributed by atoms with Gasteiger partial charge in [0.05, 0.1) is 11.0 Å². The standard InChI is InChI=1S/C14H16N2O7/c1-3-4-15-13(17)8(2)23-14(18)9-5-11-12(22-7-21-11)6-10(9)16(19)20/h5-6,8H,3-4,7H2,1-2H3,(H,15,17). The number of carbonyl (C=O) groups excluding carboxylic acids is 2. The van der Waals surface area contributed by atoms with Gasteiger partial charge in [-0.2, -0.15) is 0 Å². The van der Waals surface area contributed by atoms with Gasteiger partial charge in [0.15, 0.2) is 17.6 Å². The van der Waals surface area contributed by atoms with E-state index in [1.165, 1.54) is 13.0 Å². The normalized spacial score (nSPS) is 13.3. The van der Waals surface area contributed by atoms with Crippen molar-refractivity contribution in [3.05, 3.63) is 27.8 Å². The molecule has 9 heteroatoms. The molecule has 9 nitrogen and oxygen atoms in total. The zero-order valence-corrected chi connectivity index (χ0v) is 12.7. The summed E-state index contributed by atoms with van der Waals surface area (Å²) in [6.45, 7) is 3.64. The minimum Gasteiger partial charge on any atom is -0.454 e. The summed E-state index contributed by atoms with van der Waals surface area (Å²) in [5.74, 6) is -1.05. The van der Waals surface area contributed by atoms with E-state index < -0.39 is 28.6 Å². The van der Waals surface area contributed by atoms with Crippen LogP contribution in [-0.2, 0) is 9.53 Å². The lowest BCUT2D eigenvalue weighted by Gasteiger charge is -2.13. The molecule has 0 aromatic heterocycles. The number of rotatable bonds is 6. The Kier molecular flexibility index (Phi) is 4.99. The second-order valence-corrected chi connectivity index (χ2v) is 4.82. The monoisotopic (exact) mass is 324 g/mol. The lowest BCUT2D eigenvalue weighted by Crippen LogP contribution is -2.36. The number of nitrogens with one attached hydrogen (secondary N) is 1. The summed E-state index contributed by atoms with van der Waals surface area (Å²) >= 11 is 0. The molecule has 1 aliphatic heterocycles. The van der Waals surface area contributed by atoms with Crippen molar-refractivity contribution in [2.45, 2.75) is 26.4 Å². The van der Waals surface area contributed by atoms with Crippen molar-refractivity contribution in [1.29, 1.82) is 0 Å². The fraction of sp³-hybridized carbons (Fsp3) is 0.429. The van der Waals surface area contributed by atoms with Crippen LogP contribution in [0.4, 0.5) is 5.69 Å². The fourth-order valence-corrected chi connectivity index (χ4v) is 1.92. The Hall–Kier alpha value is -2.84. The summed E-state index contributed by atoms with van der Waals surface area (Å²) < 4.78 is 15.1. The average molecular weight is 324 g/mol. The van der Waals surface area contributed by atoms with Crippen molar-refractivity contribution in [3.8, 4) is 11.5 Å². The second-order valence-electron chi connectivity index (χ2n) is 4.82. The molecule has 0 saturated carbocycles. The summed E-state index contributed by atoms with van der Waals surface area (Å²) in [4.78, 5) is 34.3. The number of nitro groups is 1. The smallest absolute Gasteiger partial charge is 0.346 e. The molecule has 0 fully saturated rings. The molecule has 0 aliphatic carbocycles. The Balaban J connectivity index is 2.18. The van der Waals surface area contributed by atoms with Gasteiger partial charge in [-0.25, -0.2) is 4.79 Å². The molecular formula is C14H16N2O7. The SMILES string of the molecule is CCCNC(=O)C(C)OC(=O)c1cc2c(cc1[N+](=O)[O-])OCO2. The van der Waals surface area contributed by atoms with E-state index in [9.17, 15) is 19.7 Å². The molecule has 0 radical (unpaired) electrons. The minimum atomic E-state index is -1.07. The first-order valence-electron chi connectivity index (χ1n) is 7.00. The number of esters is 1.